The van der Waals surface area contributed by atoms with Gasteiger partial charge in [0, 0.05) is 0 Å². The van der Waals surface area contributed by atoms with Gasteiger partial charge in [0.15, 0.2) is 25.2 Å². The summed E-state index contributed by atoms with van der Waals surface area (Å²) in [7, 11) is 0. The minimum atomic E-state index is -1.78. The molecule has 30 atom stereocenters. The van der Waals surface area contributed by atoms with Gasteiger partial charge in [-0.05, 0) is 129 Å². The van der Waals surface area contributed by atoms with E-state index in [1.54, 1.807) is 13.8 Å². The van der Waals surface area contributed by atoms with Crippen molar-refractivity contribution in [1.29, 1.82) is 0 Å². The number of hydrogen-bond donors (Lipinski definition) is 14. The monoisotopic (exact) mass is 1060 g/mol. The average Bonchev–Trinajstić information content (AvgIpc) is 3.93. The molecular weight excluding hydrogens is 977 g/mol. The van der Waals surface area contributed by atoms with Crippen LogP contribution in [0.15, 0.2) is 0 Å². The first-order valence-electron chi connectivity index (χ1n) is 27.2. The summed E-state index contributed by atoms with van der Waals surface area (Å²) in [5.41, 5.74) is -2.87. The number of aliphatic hydroxyl groups excluding tert-OH is 14. The maximum atomic E-state index is 12.6. The molecular formula is C52H88O22. The summed E-state index contributed by atoms with van der Waals surface area (Å²) in [6.07, 6.45) is -24.2. The van der Waals surface area contributed by atoms with Gasteiger partial charge >= 0.3 is 0 Å². The molecule has 5 aliphatic carbocycles. The molecule has 0 amide bonds. The smallest absolute Gasteiger partial charge is 0.187 e. The average molecular weight is 1070 g/mol. The Morgan fingerprint density at radius 2 is 1.23 bits per heavy atom. The van der Waals surface area contributed by atoms with Crippen LogP contribution in [0, 0.1) is 50.7 Å². The predicted octanol–water partition coefficient (Wildman–Crippen LogP) is -2.12. The summed E-state index contributed by atoms with van der Waals surface area (Å²) in [4.78, 5) is 0. The van der Waals surface area contributed by atoms with Crippen LogP contribution in [0.5, 0.6) is 0 Å². The van der Waals surface area contributed by atoms with Gasteiger partial charge in [0.1, 0.15) is 79.4 Å². The lowest BCUT2D eigenvalue weighted by molar-refractivity contribution is -0.388. The molecule has 0 aromatic rings. The van der Waals surface area contributed by atoms with Crippen LogP contribution in [0.2, 0.25) is 0 Å². The molecule has 9 rings (SSSR count). The van der Waals surface area contributed by atoms with E-state index in [0.717, 1.165) is 19.3 Å². The van der Waals surface area contributed by atoms with Crippen LogP contribution in [-0.4, -0.2) is 232 Å². The van der Waals surface area contributed by atoms with Crippen LogP contribution >= 0.6 is 0 Å². The van der Waals surface area contributed by atoms with Crippen molar-refractivity contribution < 1.29 is 109 Å². The molecule has 0 aromatic carbocycles. The highest BCUT2D eigenvalue weighted by atomic mass is 16.8. The Morgan fingerprint density at radius 1 is 0.608 bits per heavy atom. The third-order valence-corrected chi connectivity index (χ3v) is 21.2. The minimum Gasteiger partial charge on any atom is -0.394 e. The molecule has 0 bridgehead atoms. The fourth-order valence-electron chi connectivity index (χ4n) is 16.9. The summed E-state index contributed by atoms with van der Waals surface area (Å²) in [6.45, 7) is 14.3. The van der Waals surface area contributed by atoms with E-state index in [9.17, 15) is 71.5 Å². The van der Waals surface area contributed by atoms with Crippen molar-refractivity contribution in [3.63, 3.8) is 0 Å². The predicted molar refractivity (Wildman–Crippen MR) is 253 cm³/mol. The van der Waals surface area contributed by atoms with E-state index in [1.165, 1.54) is 6.92 Å². The van der Waals surface area contributed by atoms with E-state index in [2.05, 4.69) is 34.6 Å². The normalized spacial score (nSPS) is 55.1. The van der Waals surface area contributed by atoms with Gasteiger partial charge in [0.05, 0.1) is 55.9 Å². The second-order valence-corrected chi connectivity index (χ2v) is 25.8. The maximum absolute atomic E-state index is 12.6. The summed E-state index contributed by atoms with van der Waals surface area (Å²) in [5.74, 6) is -0.232. The van der Waals surface area contributed by atoms with E-state index < -0.39 is 159 Å². The lowest BCUT2D eigenvalue weighted by Crippen LogP contribution is -2.66. The first-order chi connectivity index (χ1) is 34.5. The molecule has 4 aliphatic heterocycles. The van der Waals surface area contributed by atoms with Gasteiger partial charge < -0.3 is 109 Å². The number of hydrogen-bond acceptors (Lipinski definition) is 22. The Kier molecular flexibility index (Phi) is 16.1. The van der Waals surface area contributed by atoms with Crippen molar-refractivity contribution in [2.75, 3.05) is 19.8 Å². The highest BCUT2D eigenvalue weighted by molar-refractivity contribution is 5.32. The molecule has 22 heteroatoms. The van der Waals surface area contributed by atoms with Crippen LogP contribution in [0.1, 0.15) is 113 Å². The van der Waals surface area contributed by atoms with Gasteiger partial charge in [-0.2, -0.15) is 0 Å². The molecule has 4 saturated heterocycles. The lowest BCUT2D eigenvalue weighted by Gasteiger charge is -2.64. The highest BCUT2D eigenvalue weighted by Gasteiger charge is 2.84. The topological polar surface area (TPSA) is 357 Å². The molecule has 2 spiro atoms. The van der Waals surface area contributed by atoms with Crippen molar-refractivity contribution in [1.82, 2.24) is 0 Å². The summed E-state index contributed by atoms with van der Waals surface area (Å²) < 4.78 is 48.0. The van der Waals surface area contributed by atoms with Crippen molar-refractivity contribution in [3.05, 3.63) is 0 Å². The maximum Gasteiger partial charge on any atom is 0.187 e. The van der Waals surface area contributed by atoms with E-state index in [4.69, 9.17) is 37.9 Å². The highest BCUT2D eigenvalue weighted by Crippen LogP contribution is 2.89. The second-order valence-electron chi connectivity index (χ2n) is 25.8. The van der Waals surface area contributed by atoms with Gasteiger partial charge in [-0.15, -0.1) is 0 Å². The zero-order valence-electron chi connectivity index (χ0n) is 44.0. The van der Waals surface area contributed by atoms with E-state index in [1.807, 2.05) is 0 Å². The van der Waals surface area contributed by atoms with Crippen LogP contribution in [0.4, 0.5) is 0 Å². The van der Waals surface area contributed by atoms with E-state index in [0.29, 0.717) is 38.5 Å². The summed E-state index contributed by atoms with van der Waals surface area (Å²) in [5, 5.41) is 153. The second kappa shape index (κ2) is 20.6. The number of fused-ring (bicyclic) bond motifs is 2. The quantitative estimate of drug-likeness (QED) is 0.0827. The Bertz CT molecular complexity index is 1950. The Hall–Kier alpha value is -0.880. The van der Waals surface area contributed by atoms with E-state index in [-0.39, 0.29) is 51.9 Å². The molecule has 0 radical (unpaired) electrons. The number of rotatable bonds is 14. The Morgan fingerprint density at radius 3 is 1.91 bits per heavy atom. The molecule has 428 valence electrons. The molecule has 74 heavy (non-hydrogen) atoms. The zero-order chi connectivity index (χ0) is 54.2. The van der Waals surface area contributed by atoms with Crippen LogP contribution in [0.25, 0.3) is 0 Å². The number of ether oxygens (including phenoxy) is 8. The molecule has 4 heterocycles. The van der Waals surface area contributed by atoms with Crippen LogP contribution in [-0.2, 0) is 37.9 Å². The minimum absolute atomic E-state index is 0.00276. The molecule has 22 nitrogen and oxygen atoms in total. The van der Waals surface area contributed by atoms with Crippen molar-refractivity contribution >= 4 is 0 Å². The van der Waals surface area contributed by atoms with Crippen LogP contribution < -0.4 is 0 Å². The van der Waals surface area contributed by atoms with Crippen molar-refractivity contribution in [2.24, 2.45) is 50.7 Å². The molecule has 14 N–H and O–H groups in total. The first kappa shape index (κ1) is 57.8. The molecule has 9 aliphatic rings. The van der Waals surface area contributed by atoms with Gasteiger partial charge in [0.2, 0.25) is 0 Å². The fraction of sp³-hybridized carbons (Fsp3) is 1.00. The van der Waals surface area contributed by atoms with Crippen LogP contribution in [0.3, 0.4) is 0 Å². The Balaban J connectivity index is 0.890. The van der Waals surface area contributed by atoms with Gasteiger partial charge in [0.25, 0.3) is 0 Å². The van der Waals surface area contributed by atoms with Gasteiger partial charge in [-0.25, -0.2) is 0 Å². The SMILES string of the molecule is CC(CCC(O)C(C)(C)OC1OCC(O)C(O)C1O)C1C(O)CC2(C)C3CC(O)C4C(C)(C)C(OC5OC(CO)C(O)C(O)C5OC5OCC(O)C(O)C5OC5OC(C)C(O)C(O)C5O)CCC45CC35CCC12C. The largest absolute Gasteiger partial charge is 0.394 e. The molecule has 30 unspecified atom stereocenters. The molecule has 0 aromatic heterocycles. The molecule has 5 saturated carbocycles. The van der Waals surface area contributed by atoms with Crippen molar-refractivity contribution in [3.8, 4) is 0 Å². The lowest BCUT2D eigenvalue weighted by atomic mass is 9.41. The standard InChI is InChI=1S/C52H88O22/c1-21(9-10-29(58)48(5,6)74-43-38(65)33(60)25(56)18-67-43)31-24(55)16-50(8)28-15-23(54)42-47(3,4)30(11-12-52(42)20-51(28,52)14-13-49(31,50)7)71-46-41(37(64)35(62)27(17-53)70-46)73-45-40(34(61)26(57)19-68-45)72-44-39(66)36(63)32(59)22(2)69-44/h21-46,53-66H,9-20H2,1-8H3. The molecule has 9 fully saturated rings. The Labute approximate surface area is 432 Å². The fourth-order valence-corrected chi connectivity index (χ4v) is 16.9. The third-order valence-electron chi connectivity index (χ3n) is 21.2. The number of aliphatic hydroxyl groups is 14. The zero-order valence-corrected chi connectivity index (χ0v) is 44.0. The van der Waals surface area contributed by atoms with Gasteiger partial charge in [-0.1, -0.05) is 34.6 Å². The third kappa shape index (κ3) is 9.18. The van der Waals surface area contributed by atoms with Gasteiger partial charge in [-0.3, -0.25) is 0 Å². The van der Waals surface area contributed by atoms with E-state index >= 15 is 0 Å². The first-order valence-corrected chi connectivity index (χ1v) is 27.2. The summed E-state index contributed by atoms with van der Waals surface area (Å²) in [6, 6.07) is 0. The summed E-state index contributed by atoms with van der Waals surface area (Å²) >= 11 is 0. The van der Waals surface area contributed by atoms with Crippen molar-refractivity contribution in [2.45, 2.75) is 254 Å².